The predicted octanol–water partition coefficient (Wildman–Crippen LogP) is 4.58. The van der Waals surface area contributed by atoms with Crippen molar-refractivity contribution in [3.8, 4) is 11.5 Å². The first-order valence-corrected chi connectivity index (χ1v) is 12.5. The van der Waals surface area contributed by atoms with E-state index in [9.17, 15) is 19.8 Å². The van der Waals surface area contributed by atoms with Crippen LogP contribution in [-0.2, 0) is 22.4 Å². The van der Waals surface area contributed by atoms with Crippen molar-refractivity contribution in [1.29, 1.82) is 0 Å². The maximum absolute atomic E-state index is 13.5. The number of benzene rings is 3. The highest BCUT2D eigenvalue weighted by molar-refractivity contribution is 8.25. The van der Waals surface area contributed by atoms with Gasteiger partial charge < -0.3 is 10.2 Å². The van der Waals surface area contributed by atoms with Crippen LogP contribution in [0, 0.1) is 0 Å². The lowest BCUT2D eigenvalue weighted by Crippen LogP contribution is -2.43. The van der Waals surface area contributed by atoms with Crippen molar-refractivity contribution in [2.45, 2.75) is 22.6 Å². The smallest absolute Gasteiger partial charge is 0.279 e. The Bertz CT molecular complexity index is 1180. The monoisotopic (exact) mass is 490 g/mol. The summed E-state index contributed by atoms with van der Waals surface area (Å²) in [6, 6.07) is 22.5. The summed E-state index contributed by atoms with van der Waals surface area (Å²) in [6.45, 7) is 0.748. The lowest BCUT2D eigenvalue weighted by Gasteiger charge is -2.27. The molecule has 2 amide bonds. The Hall–Kier alpha value is -3.36. The highest BCUT2D eigenvalue weighted by Crippen LogP contribution is 2.58. The fourth-order valence-electron chi connectivity index (χ4n) is 3.99. The molecule has 5 rings (SSSR count). The van der Waals surface area contributed by atoms with Crippen molar-refractivity contribution in [3.63, 3.8) is 0 Å². The molecule has 0 aliphatic carbocycles. The normalized spacial score (nSPS) is 15.4. The van der Waals surface area contributed by atoms with Gasteiger partial charge in [-0.1, -0.05) is 84.2 Å². The molecule has 2 N–H and O–H groups in total. The van der Waals surface area contributed by atoms with Crippen LogP contribution in [0.2, 0.25) is 0 Å². The van der Waals surface area contributed by atoms with Crippen LogP contribution in [0.15, 0.2) is 92.4 Å². The van der Waals surface area contributed by atoms with Crippen LogP contribution in [-0.4, -0.2) is 45.1 Å². The number of carbonyl (C=O) groups excluding carboxylic acids is 2. The number of carbonyl (C=O) groups is 2. The maximum atomic E-state index is 13.5. The minimum absolute atomic E-state index is 0.0145. The fraction of sp³-hybridized carbons (Fsp3) is 0.154. The minimum Gasteiger partial charge on any atom is -0.507 e. The summed E-state index contributed by atoms with van der Waals surface area (Å²) in [5.41, 5.74) is 2.25. The van der Waals surface area contributed by atoms with E-state index in [1.807, 2.05) is 60.7 Å². The van der Waals surface area contributed by atoms with E-state index in [4.69, 9.17) is 0 Å². The molecule has 2 heterocycles. The number of phenols is 2. The van der Waals surface area contributed by atoms with Crippen LogP contribution in [0.4, 0.5) is 0 Å². The summed E-state index contributed by atoms with van der Waals surface area (Å²) in [6.07, 6.45) is 1.23. The van der Waals surface area contributed by atoms with Gasteiger partial charge in [-0.25, -0.2) is 10.0 Å². The van der Waals surface area contributed by atoms with Crippen molar-refractivity contribution in [1.82, 2.24) is 10.0 Å². The van der Waals surface area contributed by atoms with Crippen molar-refractivity contribution in [2.24, 2.45) is 0 Å². The molecule has 0 radical (unpaired) electrons. The minimum atomic E-state index is -0.351. The number of hydrogen-bond donors (Lipinski definition) is 2. The van der Waals surface area contributed by atoms with Gasteiger partial charge in [-0.15, -0.1) is 0 Å². The molecule has 8 heteroatoms. The first-order chi connectivity index (χ1) is 16.5. The van der Waals surface area contributed by atoms with Gasteiger partial charge in [0.25, 0.3) is 11.8 Å². The van der Waals surface area contributed by atoms with Crippen molar-refractivity contribution < 1.29 is 19.8 Å². The second-order valence-electron chi connectivity index (χ2n) is 7.96. The topological polar surface area (TPSA) is 81.1 Å². The van der Waals surface area contributed by atoms with E-state index in [2.05, 4.69) is 0 Å². The lowest BCUT2D eigenvalue weighted by atomic mass is 10.1. The summed E-state index contributed by atoms with van der Waals surface area (Å²) >= 11 is 2.30. The van der Waals surface area contributed by atoms with Crippen molar-refractivity contribution >= 4 is 35.3 Å². The van der Waals surface area contributed by atoms with Gasteiger partial charge in [-0.05, 0) is 36.1 Å². The molecule has 3 aromatic carbocycles. The summed E-state index contributed by atoms with van der Waals surface area (Å²) in [4.78, 5) is 28.0. The van der Waals surface area contributed by atoms with Crippen LogP contribution in [0.25, 0.3) is 0 Å². The highest BCUT2D eigenvalue weighted by atomic mass is 32.2. The molecule has 0 aromatic heterocycles. The number of rotatable bonds is 6. The Morgan fingerprint density at radius 1 is 0.618 bits per heavy atom. The highest BCUT2D eigenvalue weighted by Gasteiger charge is 2.44. The van der Waals surface area contributed by atoms with E-state index in [1.165, 1.54) is 22.2 Å². The summed E-state index contributed by atoms with van der Waals surface area (Å²) in [5, 5.41) is 23.5. The van der Waals surface area contributed by atoms with Gasteiger partial charge in [0.2, 0.25) is 0 Å². The largest absolute Gasteiger partial charge is 0.507 e. The third-order valence-electron chi connectivity index (χ3n) is 5.76. The van der Waals surface area contributed by atoms with Gasteiger partial charge in [0.1, 0.15) is 17.1 Å². The lowest BCUT2D eigenvalue weighted by molar-refractivity contribution is -0.146. The number of aromatic hydroxyl groups is 2. The molecule has 2 aliphatic rings. The van der Waals surface area contributed by atoms with Crippen LogP contribution in [0.3, 0.4) is 0 Å². The van der Waals surface area contributed by atoms with E-state index in [0.717, 1.165) is 34.7 Å². The first-order valence-electron chi connectivity index (χ1n) is 10.9. The average Bonchev–Trinajstić information content (AvgIpc) is 3.40. The van der Waals surface area contributed by atoms with E-state index in [0.29, 0.717) is 40.0 Å². The molecular weight excluding hydrogens is 468 g/mol. The second kappa shape index (κ2) is 9.48. The number of hydrazine groups is 1. The SMILES string of the molecule is O=C1C(=C2Sc3c(O)ccc(O)c3S2)C(=O)N(CCc2ccccc2)N1CCc1ccccc1. The zero-order valence-electron chi connectivity index (χ0n) is 18.2. The van der Waals surface area contributed by atoms with Crippen molar-refractivity contribution in [2.75, 3.05) is 13.1 Å². The van der Waals surface area contributed by atoms with Crippen LogP contribution >= 0.6 is 23.5 Å². The van der Waals surface area contributed by atoms with Gasteiger partial charge >= 0.3 is 0 Å². The van der Waals surface area contributed by atoms with Crippen LogP contribution < -0.4 is 0 Å². The van der Waals surface area contributed by atoms with E-state index in [1.54, 1.807) is 0 Å². The molecule has 172 valence electrons. The zero-order valence-corrected chi connectivity index (χ0v) is 19.8. The first kappa shape index (κ1) is 22.4. The van der Waals surface area contributed by atoms with Gasteiger partial charge in [-0.2, -0.15) is 0 Å². The van der Waals surface area contributed by atoms with Gasteiger partial charge in [0.15, 0.2) is 0 Å². The van der Waals surface area contributed by atoms with Crippen LogP contribution in [0.1, 0.15) is 11.1 Å². The molecular formula is C26H22N2O4S2. The Kier molecular flexibility index (Phi) is 6.26. The van der Waals surface area contributed by atoms with Gasteiger partial charge in [0.05, 0.1) is 14.0 Å². The Labute approximate surface area is 205 Å². The third-order valence-corrected chi connectivity index (χ3v) is 8.41. The standard InChI is InChI=1S/C26H22N2O4S2/c29-19-11-12-20(30)23-22(19)33-26(34-23)21-24(31)27(15-13-17-7-3-1-4-8-17)28(25(21)32)16-14-18-9-5-2-6-10-18/h1-12,29-30H,13-16H2. The van der Waals surface area contributed by atoms with Crippen LogP contribution in [0.5, 0.6) is 11.5 Å². The fourth-order valence-corrected chi connectivity index (χ4v) is 6.58. The molecule has 0 unspecified atom stereocenters. The van der Waals surface area contributed by atoms with E-state index < -0.39 is 0 Å². The molecule has 0 bridgehead atoms. The molecule has 3 aromatic rings. The maximum Gasteiger partial charge on any atom is 0.279 e. The Balaban J connectivity index is 1.44. The molecule has 2 aliphatic heterocycles. The Morgan fingerprint density at radius 3 is 1.44 bits per heavy atom. The molecule has 34 heavy (non-hydrogen) atoms. The molecule has 0 spiro atoms. The number of amides is 2. The Morgan fingerprint density at radius 2 is 1.03 bits per heavy atom. The van der Waals surface area contributed by atoms with Gasteiger partial charge in [-0.3, -0.25) is 9.59 Å². The quantitative estimate of drug-likeness (QED) is 0.299. The number of phenolic OH excluding ortho intramolecular Hbond substituents is 2. The summed E-state index contributed by atoms with van der Waals surface area (Å²) in [5.74, 6) is -0.673. The summed E-state index contributed by atoms with van der Waals surface area (Å²) in [7, 11) is 0. The van der Waals surface area contributed by atoms with Crippen molar-refractivity contribution in [3.05, 3.63) is 93.7 Å². The predicted molar refractivity (Wildman–Crippen MR) is 132 cm³/mol. The molecule has 0 saturated carbocycles. The zero-order chi connectivity index (χ0) is 23.7. The number of fused-ring (bicyclic) bond motifs is 1. The molecule has 1 saturated heterocycles. The molecule has 0 atom stereocenters. The van der Waals surface area contributed by atoms with E-state index >= 15 is 0 Å². The third kappa shape index (κ3) is 4.26. The second-order valence-corrected chi connectivity index (χ2v) is 10.3. The average molecular weight is 491 g/mol. The van der Waals surface area contributed by atoms with E-state index in [-0.39, 0.29) is 28.9 Å². The summed E-state index contributed by atoms with van der Waals surface area (Å²) < 4.78 is 0.480. The number of nitrogens with zero attached hydrogens (tertiary/aromatic N) is 2. The molecule has 6 nitrogen and oxygen atoms in total. The number of thioether (sulfide) groups is 2. The molecule has 1 fully saturated rings. The van der Waals surface area contributed by atoms with Gasteiger partial charge in [0, 0.05) is 13.1 Å². The number of hydrogen-bond acceptors (Lipinski definition) is 6.